The number of amides is 1. The molecule has 0 aliphatic rings. The molecule has 1 amide bonds. The van der Waals surface area contributed by atoms with E-state index in [0.717, 1.165) is 23.4 Å². The molecule has 4 nitrogen and oxygen atoms in total. The molecular weight excluding hydrogens is 318 g/mol. The number of aromatic nitrogens is 2. The van der Waals surface area contributed by atoms with Gasteiger partial charge < -0.3 is 5.32 Å². The molecule has 1 N–H and O–H groups in total. The maximum atomic E-state index is 11.9. The van der Waals surface area contributed by atoms with E-state index < -0.39 is 0 Å². The maximum absolute atomic E-state index is 11.9. The number of nitrogens with zero attached hydrogens (tertiary/aromatic N) is 2. The van der Waals surface area contributed by atoms with Crippen molar-refractivity contribution in [2.24, 2.45) is 0 Å². The summed E-state index contributed by atoms with van der Waals surface area (Å²) >= 11 is 7.30. The molecule has 0 fully saturated rings. The fraction of sp³-hybridized carbons (Fsp3) is 0.438. The summed E-state index contributed by atoms with van der Waals surface area (Å²) in [6, 6.07) is 7.54. The molecule has 2 aromatic rings. The summed E-state index contributed by atoms with van der Waals surface area (Å²) in [6.07, 6.45) is 5.55. The molecule has 0 radical (unpaired) electrons. The number of anilines is 1. The normalized spacial score (nSPS) is 10.6. The predicted molar refractivity (Wildman–Crippen MR) is 91.5 cm³/mol. The Morgan fingerprint density at radius 1 is 1.18 bits per heavy atom. The monoisotopic (exact) mass is 337 g/mol. The Morgan fingerprint density at radius 3 is 2.68 bits per heavy atom. The Kier molecular flexibility index (Phi) is 6.80. The van der Waals surface area contributed by atoms with Gasteiger partial charge in [0.1, 0.15) is 5.01 Å². The Morgan fingerprint density at radius 2 is 1.95 bits per heavy atom. The van der Waals surface area contributed by atoms with Gasteiger partial charge in [0.15, 0.2) is 0 Å². The van der Waals surface area contributed by atoms with E-state index in [1.54, 1.807) is 0 Å². The van der Waals surface area contributed by atoms with Gasteiger partial charge in [-0.3, -0.25) is 4.79 Å². The van der Waals surface area contributed by atoms with Crippen molar-refractivity contribution < 1.29 is 4.79 Å². The third-order valence-corrected chi connectivity index (χ3v) is 4.41. The van der Waals surface area contributed by atoms with Crippen molar-refractivity contribution in [3.63, 3.8) is 0 Å². The first-order chi connectivity index (χ1) is 10.7. The number of carbonyl (C=O) groups is 1. The topological polar surface area (TPSA) is 54.9 Å². The molecule has 0 bridgehead atoms. The summed E-state index contributed by atoms with van der Waals surface area (Å²) in [5.41, 5.74) is 1.09. The van der Waals surface area contributed by atoms with E-state index in [9.17, 15) is 4.79 Å². The molecular formula is C16H20ClN3OS. The Balaban J connectivity index is 1.75. The second-order valence-corrected chi connectivity index (χ2v) is 6.63. The third-order valence-electron chi connectivity index (χ3n) is 3.26. The van der Waals surface area contributed by atoms with Crippen molar-refractivity contribution in [3.05, 3.63) is 39.9 Å². The summed E-state index contributed by atoms with van der Waals surface area (Å²) in [4.78, 5) is 11.9. The van der Waals surface area contributed by atoms with Crippen LogP contribution < -0.4 is 5.32 Å². The van der Waals surface area contributed by atoms with Gasteiger partial charge in [0, 0.05) is 17.9 Å². The van der Waals surface area contributed by atoms with E-state index >= 15 is 0 Å². The zero-order valence-electron chi connectivity index (χ0n) is 12.6. The summed E-state index contributed by atoms with van der Waals surface area (Å²) < 4.78 is 0. The fourth-order valence-electron chi connectivity index (χ4n) is 2.02. The van der Waals surface area contributed by atoms with Crippen molar-refractivity contribution in [2.45, 2.75) is 45.4 Å². The van der Waals surface area contributed by atoms with Gasteiger partial charge in [-0.2, -0.15) is 0 Å². The number of hydrogen-bond donors (Lipinski definition) is 1. The molecule has 0 atom stereocenters. The average Bonchev–Trinajstić information content (AvgIpc) is 2.94. The van der Waals surface area contributed by atoms with Crippen LogP contribution in [0.3, 0.4) is 0 Å². The SMILES string of the molecule is CCCCCc1nnc(NC(=O)CCc2ccc(Cl)cc2)s1. The average molecular weight is 338 g/mol. The first-order valence-electron chi connectivity index (χ1n) is 7.54. The smallest absolute Gasteiger partial charge is 0.226 e. The Labute approximate surface area is 139 Å². The quantitative estimate of drug-likeness (QED) is 0.722. The molecule has 1 heterocycles. The van der Waals surface area contributed by atoms with Gasteiger partial charge in [0.25, 0.3) is 0 Å². The lowest BCUT2D eigenvalue weighted by molar-refractivity contribution is -0.116. The number of rotatable bonds is 8. The van der Waals surface area contributed by atoms with Gasteiger partial charge in [0.05, 0.1) is 0 Å². The van der Waals surface area contributed by atoms with Crippen LogP contribution in [0.2, 0.25) is 5.02 Å². The van der Waals surface area contributed by atoms with Crippen LogP contribution in [-0.2, 0) is 17.6 Å². The second kappa shape index (κ2) is 8.86. The van der Waals surface area contributed by atoms with Gasteiger partial charge in [-0.1, -0.05) is 54.8 Å². The van der Waals surface area contributed by atoms with E-state index in [1.807, 2.05) is 24.3 Å². The molecule has 2 rings (SSSR count). The van der Waals surface area contributed by atoms with E-state index in [2.05, 4.69) is 22.4 Å². The first kappa shape index (κ1) is 16.9. The zero-order chi connectivity index (χ0) is 15.8. The van der Waals surface area contributed by atoms with E-state index in [-0.39, 0.29) is 5.91 Å². The van der Waals surface area contributed by atoms with Crippen LogP contribution in [0.25, 0.3) is 0 Å². The highest BCUT2D eigenvalue weighted by molar-refractivity contribution is 7.15. The third kappa shape index (κ3) is 5.73. The van der Waals surface area contributed by atoms with Gasteiger partial charge in [-0.05, 0) is 30.5 Å². The number of halogens is 1. The lowest BCUT2D eigenvalue weighted by atomic mass is 10.1. The molecule has 6 heteroatoms. The number of carbonyl (C=O) groups excluding carboxylic acids is 1. The molecule has 118 valence electrons. The molecule has 22 heavy (non-hydrogen) atoms. The lowest BCUT2D eigenvalue weighted by Gasteiger charge is -2.02. The summed E-state index contributed by atoms with van der Waals surface area (Å²) in [5.74, 6) is -0.0359. The van der Waals surface area contributed by atoms with Crippen molar-refractivity contribution >= 4 is 34.0 Å². The molecule has 0 saturated carbocycles. The summed E-state index contributed by atoms with van der Waals surface area (Å²) in [5, 5.41) is 13.2. The molecule has 0 unspecified atom stereocenters. The fourth-order valence-corrected chi connectivity index (χ4v) is 2.95. The molecule has 0 spiro atoms. The standard InChI is InChI=1S/C16H20ClN3OS/c1-2-3-4-5-15-19-20-16(22-15)18-14(21)11-8-12-6-9-13(17)10-7-12/h6-7,9-10H,2-5,8,11H2,1H3,(H,18,20,21). The van der Waals surface area contributed by atoms with Crippen molar-refractivity contribution in [3.8, 4) is 0 Å². The highest BCUT2D eigenvalue weighted by atomic mass is 35.5. The number of benzene rings is 1. The van der Waals surface area contributed by atoms with Crippen LogP contribution in [-0.4, -0.2) is 16.1 Å². The number of unbranched alkanes of at least 4 members (excludes halogenated alkanes) is 2. The predicted octanol–water partition coefficient (Wildman–Crippen LogP) is 4.50. The van der Waals surface area contributed by atoms with Crippen LogP contribution in [0.15, 0.2) is 24.3 Å². The number of aryl methyl sites for hydroxylation is 2. The van der Waals surface area contributed by atoms with Crippen molar-refractivity contribution in [1.29, 1.82) is 0 Å². The second-order valence-electron chi connectivity index (χ2n) is 5.13. The van der Waals surface area contributed by atoms with Crippen LogP contribution in [0.4, 0.5) is 5.13 Å². The van der Waals surface area contributed by atoms with Crippen LogP contribution in [0.5, 0.6) is 0 Å². The maximum Gasteiger partial charge on any atom is 0.226 e. The van der Waals surface area contributed by atoms with Gasteiger partial charge >= 0.3 is 0 Å². The molecule has 1 aromatic carbocycles. The van der Waals surface area contributed by atoms with E-state index in [4.69, 9.17) is 11.6 Å². The molecule has 0 aliphatic heterocycles. The minimum atomic E-state index is -0.0359. The van der Waals surface area contributed by atoms with E-state index in [0.29, 0.717) is 23.0 Å². The van der Waals surface area contributed by atoms with Gasteiger partial charge in [0.2, 0.25) is 11.0 Å². The zero-order valence-corrected chi connectivity index (χ0v) is 14.2. The Hall–Kier alpha value is -1.46. The molecule has 0 aliphatic carbocycles. The minimum Gasteiger partial charge on any atom is -0.301 e. The lowest BCUT2D eigenvalue weighted by Crippen LogP contribution is -2.12. The van der Waals surface area contributed by atoms with Crippen LogP contribution in [0, 0.1) is 0 Å². The van der Waals surface area contributed by atoms with Gasteiger partial charge in [-0.25, -0.2) is 0 Å². The Bertz CT molecular complexity index is 598. The molecule has 0 saturated heterocycles. The number of hydrogen-bond acceptors (Lipinski definition) is 4. The van der Waals surface area contributed by atoms with Crippen molar-refractivity contribution in [1.82, 2.24) is 10.2 Å². The molecule has 1 aromatic heterocycles. The van der Waals surface area contributed by atoms with Gasteiger partial charge in [-0.15, -0.1) is 10.2 Å². The van der Waals surface area contributed by atoms with Crippen LogP contribution in [0.1, 0.15) is 43.2 Å². The highest BCUT2D eigenvalue weighted by Gasteiger charge is 2.08. The summed E-state index contributed by atoms with van der Waals surface area (Å²) in [7, 11) is 0. The first-order valence-corrected chi connectivity index (χ1v) is 8.73. The largest absolute Gasteiger partial charge is 0.301 e. The van der Waals surface area contributed by atoms with E-state index in [1.165, 1.54) is 24.2 Å². The van der Waals surface area contributed by atoms with Crippen LogP contribution >= 0.6 is 22.9 Å². The minimum absolute atomic E-state index is 0.0359. The highest BCUT2D eigenvalue weighted by Crippen LogP contribution is 2.18. The number of nitrogens with one attached hydrogen (secondary N) is 1. The van der Waals surface area contributed by atoms with Crippen molar-refractivity contribution in [2.75, 3.05) is 5.32 Å². The summed E-state index contributed by atoms with van der Waals surface area (Å²) in [6.45, 7) is 2.17.